The van der Waals surface area contributed by atoms with Gasteiger partial charge >= 0.3 is 5.97 Å². The third kappa shape index (κ3) is 4.19. The Morgan fingerprint density at radius 2 is 2.16 bits per heavy atom. The van der Waals surface area contributed by atoms with Crippen molar-refractivity contribution in [3.63, 3.8) is 0 Å². The highest BCUT2D eigenvalue weighted by Gasteiger charge is 2.17. The van der Waals surface area contributed by atoms with Crippen LogP contribution < -0.4 is 5.32 Å². The molecule has 1 aliphatic rings. The molecule has 1 heterocycles. The monoisotopic (exact) mass is 263 g/mol. The van der Waals surface area contributed by atoms with Gasteiger partial charge in [0.2, 0.25) is 5.95 Å². The Morgan fingerprint density at radius 3 is 2.84 bits per heavy atom. The number of anilines is 1. The molecule has 0 amide bonds. The van der Waals surface area contributed by atoms with Gasteiger partial charge in [-0.3, -0.25) is 0 Å². The highest BCUT2D eigenvalue weighted by molar-refractivity contribution is 5.85. The molecule has 0 unspecified atom stereocenters. The Bertz CT molecular complexity index is 428. The summed E-state index contributed by atoms with van der Waals surface area (Å²) in [5.41, 5.74) is 0.0315. The molecule has 104 valence electrons. The van der Waals surface area contributed by atoms with E-state index in [0.717, 1.165) is 24.8 Å². The Morgan fingerprint density at radius 1 is 1.42 bits per heavy atom. The minimum atomic E-state index is -1.02. The predicted octanol–water partition coefficient (Wildman–Crippen LogP) is 2.80. The van der Waals surface area contributed by atoms with E-state index in [2.05, 4.69) is 22.2 Å². The second-order valence-electron chi connectivity index (χ2n) is 5.41. The summed E-state index contributed by atoms with van der Waals surface area (Å²) in [4.78, 5) is 18.8. The van der Waals surface area contributed by atoms with Crippen LogP contribution >= 0.6 is 0 Å². The normalized spacial score (nSPS) is 23.0. The largest absolute Gasteiger partial charge is 0.477 e. The molecule has 1 saturated carbocycles. The van der Waals surface area contributed by atoms with Crippen molar-refractivity contribution in [1.29, 1.82) is 0 Å². The molecule has 1 fully saturated rings. The van der Waals surface area contributed by atoms with E-state index in [1.807, 2.05) is 0 Å². The maximum absolute atomic E-state index is 10.8. The van der Waals surface area contributed by atoms with E-state index in [4.69, 9.17) is 5.11 Å². The van der Waals surface area contributed by atoms with Crippen LogP contribution in [0.5, 0.6) is 0 Å². The fourth-order valence-corrected chi connectivity index (χ4v) is 2.57. The van der Waals surface area contributed by atoms with E-state index in [1.165, 1.54) is 37.9 Å². The summed E-state index contributed by atoms with van der Waals surface area (Å²) in [6.07, 6.45) is 7.84. The first-order chi connectivity index (χ1) is 9.15. The van der Waals surface area contributed by atoms with Gasteiger partial charge in [-0.25, -0.2) is 14.8 Å². The zero-order valence-corrected chi connectivity index (χ0v) is 11.3. The fourth-order valence-electron chi connectivity index (χ4n) is 2.57. The topological polar surface area (TPSA) is 75.1 Å². The lowest BCUT2D eigenvalue weighted by molar-refractivity contribution is 0.0690. The van der Waals surface area contributed by atoms with Gasteiger partial charge in [0.1, 0.15) is 0 Å². The second kappa shape index (κ2) is 6.50. The van der Waals surface area contributed by atoms with Gasteiger partial charge in [0.25, 0.3) is 0 Å². The average molecular weight is 263 g/mol. The van der Waals surface area contributed by atoms with Crippen LogP contribution in [0.15, 0.2) is 12.3 Å². The zero-order chi connectivity index (χ0) is 13.7. The predicted molar refractivity (Wildman–Crippen MR) is 73.2 cm³/mol. The number of aromatic nitrogens is 2. The van der Waals surface area contributed by atoms with E-state index in [1.54, 1.807) is 0 Å². The van der Waals surface area contributed by atoms with Crippen molar-refractivity contribution in [2.45, 2.75) is 39.0 Å². The Balaban J connectivity index is 1.76. The van der Waals surface area contributed by atoms with Crippen molar-refractivity contribution >= 4 is 11.9 Å². The van der Waals surface area contributed by atoms with Gasteiger partial charge in [0.05, 0.1) is 0 Å². The number of carboxylic acid groups (broad SMARTS) is 1. The molecule has 19 heavy (non-hydrogen) atoms. The number of nitrogens with one attached hydrogen (secondary N) is 1. The van der Waals surface area contributed by atoms with E-state index in [-0.39, 0.29) is 5.69 Å². The van der Waals surface area contributed by atoms with Crippen molar-refractivity contribution in [2.75, 3.05) is 11.9 Å². The summed E-state index contributed by atoms with van der Waals surface area (Å²) < 4.78 is 0. The van der Waals surface area contributed by atoms with Gasteiger partial charge in [-0.2, -0.15) is 0 Å². The van der Waals surface area contributed by atoms with E-state index < -0.39 is 5.97 Å². The molecular formula is C14H21N3O2. The second-order valence-corrected chi connectivity index (χ2v) is 5.41. The lowest BCUT2D eigenvalue weighted by atomic mass is 9.81. The SMILES string of the molecule is CC1CCC(CCNc2nccc(C(=O)O)n2)CC1. The number of carbonyl (C=O) groups is 1. The highest BCUT2D eigenvalue weighted by atomic mass is 16.4. The van der Waals surface area contributed by atoms with Crippen LogP contribution in [0.3, 0.4) is 0 Å². The maximum atomic E-state index is 10.8. The van der Waals surface area contributed by atoms with E-state index in [9.17, 15) is 4.79 Å². The number of aromatic carboxylic acids is 1. The molecule has 0 aliphatic heterocycles. The van der Waals surface area contributed by atoms with Crippen LogP contribution in [0.4, 0.5) is 5.95 Å². The molecule has 5 heteroatoms. The molecule has 1 aromatic heterocycles. The summed E-state index contributed by atoms with van der Waals surface area (Å²) in [5, 5.41) is 12.0. The Kier molecular flexibility index (Phi) is 4.71. The van der Waals surface area contributed by atoms with Crippen molar-refractivity contribution in [2.24, 2.45) is 11.8 Å². The van der Waals surface area contributed by atoms with Crippen LogP contribution in [0.1, 0.15) is 49.5 Å². The zero-order valence-electron chi connectivity index (χ0n) is 11.3. The fraction of sp³-hybridized carbons (Fsp3) is 0.643. The van der Waals surface area contributed by atoms with Crippen LogP contribution in [0.2, 0.25) is 0 Å². The van der Waals surface area contributed by atoms with Crippen LogP contribution in [0, 0.1) is 11.8 Å². The smallest absolute Gasteiger partial charge is 0.354 e. The standard InChI is InChI=1S/C14H21N3O2/c1-10-2-4-11(5-3-10)6-8-15-14-16-9-7-12(17-14)13(18)19/h7,9-11H,2-6,8H2,1H3,(H,18,19)(H,15,16,17). The van der Waals surface area contributed by atoms with Gasteiger partial charge in [0.15, 0.2) is 5.69 Å². The van der Waals surface area contributed by atoms with Crippen LogP contribution in [0.25, 0.3) is 0 Å². The third-order valence-corrected chi connectivity index (χ3v) is 3.85. The lowest BCUT2D eigenvalue weighted by Crippen LogP contribution is -2.16. The molecule has 0 spiro atoms. The van der Waals surface area contributed by atoms with E-state index >= 15 is 0 Å². The molecule has 0 aromatic carbocycles. The van der Waals surface area contributed by atoms with Gasteiger partial charge < -0.3 is 10.4 Å². The van der Waals surface area contributed by atoms with Gasteiger partial charge in [-0.05, 0) is 24.3 Å². The van der Waals surface area contributed by atoms with Crippen molar-refractivity contribution in [3.05, 3.63) is 18.0 Å². The number of carboxylic acids is 1. The average Bonchev–Trinajstić information content (AvgIpc) is 2.41. The molecule has 0 bridgehead atoms. The molecule has 0 atom stereocenters. The number of rotatable bonds is 5. The molecule has 2 N–H and O–H groups in total. The molecular weight excluding hydrogens is 242 g/mol. The molecule has 1 aliphatic carbocycles. The highest BCUT2D eigenvalue weighted by Crippen LogP contribution is 2.30. The first-order valence-corrected chi connectivity index (χ1v) is 6.95. The maximum Gasteiger partial charge on any atom is 0.354 e. The minimum Gasteiger partial charge on any atom is -0.477 e. The first-order valence-electron chi connectivity index (χ1n) is 6.95. The van der Waals surface area contributed by atoms with E-state index in [0.29, 0.717) is 5.95 Å². The number of nitrogens with zero attached hydrogens (tertiary/aromatic N) is 2. The summed E-state index contributed by atoms with van der Waals surface area (Å²) >= 11 is 0. The molecule has 0 radical (unpaired) electrons. The molecule has 1 aromatic rings. The molecule has 0 saturated heterocycles. The minimum absolute atomic E-state index is 0.0315. The summed E-state index contributed by atoms with van der Waals surface area (Å²) in [6.45, 7) is 3.13. The molecule has 5 nitrogen and oxygen atoms in total. The van der Waals surface area contributed by atoms with Crippen molar-refractivity contribution < 1.29 is 9.90 Å². The quantitative estimate of drug-likeness (QED) is 0.854. The van der Waals surface area contributed by atoms with Crippen LogP contribution in [-0.2, 0) is 0 Å². The Labute approximate surface area is 113 Å². The summed E-state index contributed by atoms with van der Waals surface area (Å²) in [5.74, 6) is 1.04. The molecule has 2 rings (SSSR count). The third-order valence-electron chi connectivity index (χ3n) is 3.85. The van der Waals surface area contributed by atoms with Gasteiger partial charge in [-0.15, -0.1) is 0 Å². The van der Waals surface area contributed by atoms with Gasteiger partial charge in [0, 0.05) is 12.7 Å². The van der Waals surface area contributed by atoms with Gasteiger partial charge in [-0.1, -0.05) is 32.6 Å². The van der Waals surface area contributed by atoms with Crippen molar-refractivity contribution in [3.8, 4) is 0 Å². The summed E-state index contributed by atoms with van der Waals surface area (Å²) in [7, 11) is 0. The van der Waals surface area contributed by atoms with Crippen LogP contribution in [-0.4, -0.2) is 27.6 Å². The van der Waals surface area contributed by atoms with Crippen molar-refractivity contribution in [1.82, 2.24) is 9.97 Å². The lowest BCUT2D eigenvalue weighted by Gasteiger charge is -2.26. The summed E-state index contributed by atoms with van der Waals surface area (Å²) in [6, 6.07) is 1.40. The number of hydrogen-bond acceptors (Lipinski definition) is 4. The number of hydrogen-bond donors (Lipinski definition) is 2. The Hall–Kier alpha value is -1.65. The first kappa shape index (κ1) is 13.8.